The van der Waals surface area contributed by atoms with Crippen molar-refractivity contribution in [1.29, 1.82) is 0 Å². The van der Waals surface area contributed by atoms with Crippen LogP contribution in [0.25, 0.3) is 6.08 Å². The number of amides is 1. The van der Waals surface area contributed by atoms with Gasteiger partial charge in [-0.05, 0) is 42.5 Å². The van der Waals surface area contributed by atoms with Gasteiger partial charge < -0.3 is 10.4 Å². The van der Waals surface area contributed by atoms with Crippen LogP contribution in [0.15, 0.2) is 57.6 Å². The fourth-order valence-electron chi connectivity index (χ4n) is 1.94. The van der Waals surface area contributed by atoms with E-state index in [9.17, 15) is 9.90 Å². The Hall–Kier alpha value is -2.22. The minimum Gasteiger partial charge on any atom is -0.507 e. The fourth-order valence-corrected chi connectivity index (χ4v) is 3.16. The number of phenolic OH excluding ortho intramolecular Hbond substituents is 1. The molecule has 2 N–H and O–H groups in total. The lowest BCUT2D eigenvalue weighted by molar-refractivity contribution is -0.115. The van der Waals surface area contributed by atoms with E-state index in [0.717, 1.165) is 11.8 Å². The van der Waals surface area contributed by atoms with Crippen molar-refractivity contribution in [1.82, 2.24) is 5.32 Å². The number of nitrogens with zero attached hydrogens (tertiary/aromatic N) is 2. The lowest BCUT2D eigenvalue weighted by atomic mass is 10.1. The number of azo groups is 1. The molecule has 120 valence electrons. The topological polar surface area (TPSA) is 74.0 Å². The number of rotatable bonds is 3. The highest BCUT2D eigenvalue weighted by Crippen LogP contribution is 2.31. The van der Waals surface area contributed by atoms with E-state index in [4.69, 9.17) is 23.8 Å². The summed E-state index contributed by atoms with van der Waals surface area (Å²) in [7, 11) is 0. The van der Waals surface area contributed by atoms with Crippen molar-refractivity contribution >= 4 is 63.3 Å². The molecule has 24 heavy (non-hydrogen) atoms. The molecule has 1 aliphatic rings. The molecule has 5 nitrogen and oxygen atoms in total. The molecule has 2 aromatic carbocycles. The maximum absolute atomic E-state index is 11.7. The number of carbonyl (C=O) groups excluding carboxylic acids is 1. The first-order valence-corrected chi connectivity index (χ1v) is 8.37. The Balaban J connectivity index is 1.88. The molecule has 2 aromatic rings. The number of halogens is 1. The second kappa shape index (κ2) is 7.12. The van der Waals surface area contributed by atoms with Crippen molar-refractivity contribution in [2.75, 3.05) is 0 Å². The van der Waals surface area contributed by atoms with Crippen LogP contribution in [0.4, 0.5) is 11.4 Å². The molecule has 0 saturated carbocycles. The van der Waals surface area contributed by atoms with Crippen molar-refractivity contribution in [3.63, 3.8) is 0 Å². The molecular formula is C16H10ClN3O2S2. The highest BCUT2D eigenvalue weighted by Gasteiger charge is 2.22. The Morgan fingerprint density at radius 3 is 2.58 bits per heavy atom. The first-order valence-electron chi connectivity index (χ1n) is 6.76. The largest absolute Gasteiger partial charge is 0.507 e. The standard InChI is InChI=1S/C16H10ClN3O2S2/c17-10-2-1-3-11(8-10)19-20-12-4-5-13(21)9(6-12)7-14-15(22)18-16(23)24-14/h1-8,21H,(H,18,22,23)/b14-7-,20-19?. The maximum Gasteiger partial charge on any atom is 0.263 e. The molecule has 1 heterocycles. The number of thioether (sulfide) groups is 1. The molecule has 3 rings (SSSR count). The van der Waals surface area contributed by atoms with Crippen LogP contribution in [-0.4, -0.2) is 15.3 Å². The third kappa shape index (κ3) is 4.00. The fraction of sp³-hybridized carbons (Fsp3) is 0. The van der Waals surface area contributed by atoms with Gasteiger partial charge in [0.05, 0.1) is 16.3 Å². The van der Waals surface area contributed by atoms with E-state index in [1.807, 2.05) is 0 Å². The van der Waals surface area contributed by atoms with Crippen LogP contribution in [0.2, 0.25) is 5.02 Å². The lowest BCUT2D eigenvalue weighted by Gasteiger charge is -2.01. The van der Waals surface area contributed by atoms with Gasteiger partial charge in [-0.1, -0.05) is 41.6 Å². The molecule has 0 spiro atoms. The quantitative estimate of drug-likeness (QED) is 0.452. The number of nitrogens with one attached hydrogen (secondary N) is 1. The van der Waals surface area contributed by atoms with Crippen LogP contribution < -0.4 is 5.32 Å². The van der Waals surface area contributed by atoms with E-state index >= 15 is 0 Å². The average molecular weight is 376 g/mol. The molecule has 8 heteroatoms. The second-order valence-corrected chi connectivity index (χ2v) is 6.93. The van der Waals surface area contributed by atoms with Crippen molar-refractivity contribution in [2.45, 2.75) is 0 Å². The molecule has 1 saturated heterocycles. The Labute approximate surface area is 152 Å². The number of benzene rings is 2. The highest BCUT2D eigenvalue weighted by molar-refractivity contribution is 8.26. The van der Waals surface area contributed by atoms with Gasteiger partial charge in [-0.3, -0.25) is 4.79 Å². The van der Waals surface area contributed by atoms with Gasteiger partial charge in [-0.25, -0.2) is 0 Å². The Kier molecular flexibility index (Phi) is 4.94. The third-order valence-corrected chi connectivity index (χ3v) is 4.43. The zero-order chi connectivity index (χ0) is 17.1. The predicted molar refractivity (Wildman–Crippen MR) is 100 cm³/mol. The normalized spacial score (nSPS) is 16.1. The highest BCUT2D eigenvalue weighted by atomic mass is 35.5. The van der Waals surface area contributed by atoms with Crippen molar-refractivity contribution < 1.29 is 9.90 Å². The monoisotopic (exact) mass is 375 g/mol. The summed E-state index contributed by atoms with van der Waals surface area (Å²) >= 11 is 12.0. The number of carbonyl (C=O) groups is 1. The lowest BCUT2D eigenvalue weighted by Crippen LogP contribution is -2.17. The Morgan fingerprint density at radius 2 is 1.92 bits per heavy atom. The summed E-state index contributed by atoms with van der Waals surface area (Å²) in [5, 5.41) is 21.3. The van der Waals surface area contributed by atoms with Gasteiger partial charge in [0.2, 0.25) is 0 Å². The molecular weight excluding hydrogens is 366 g/mol. The molecule has 1 amide bonds. The smallest absolute Gasteiger partial charge is 0.263 e. The predicted octanol–water partition coefficient (Wildman–Crippen LogP) is 4.95. The molecule has 0 aromatic heterocycles. The summed E-state index contributed by atoms with van der Waals surface area (Å²) in [5.41, 5.74) is 1.61. The van der Waals surface area contributed by atoms with Crippen molar-refractivity contribution in [3.8, 4) is 5.75 Å². The number of phenols is 1. The summed E-state index contributed by atoms with van der Waals surface area (Å²) < 4.78 is 0.391. The summed E-state index contributed by atoms with van der Waals surface area (Å²) in [6, 6.07) is 11.7. The van der Waals surface area contributed by atoms with E-state index in [0.29, 0.717) is 31.2 Å². The van der Waals surface area contributed by atoms with E-state index in [-0.39, 0.29) is 11.7 Å². The Bertz CT molecular complexity index is 897. The van der Waals surface area contributed by atoms with Gasteiger partial charge >= 0.3 is 0 Å². The van der Waals surface area contributed by atoms with E-state index < -0.39 is 0 Å². The summed E-state index contributed by atoms with van der Waals surface area (Å²) in [6.45, 7) is 0. The zero-order valence-electron chi connectivity index (χ0n) is 12.1. The molecule has 0 bridgehead atoms. The summed E-state index contributed by atoms with van der Waals surface area (Å²) in [5.74, 6) is -0.245. The second-order valence-electron chi connectivity index (χ2n) is 4.78. The summed E-state index contributed by atoms with van der Waals surface area (Å²) in [4.78, 5) is 12.1. The molecule has 0 unspecified atom stereocenters. The van der Waals surface area contributed by atoms with Gasteiger partial charge in [0.15, 0.2) is 0 Å². The first kappa shape index (κ1) is 16.6. The van der Waals surface area contributed by atoms with Gasteiger partial charge in [0.25, 0.3) is 5.91 Å². The van der Waals surface area contributed by atoms with Crippen LogP contribution in [0, 0.1) is 0 Å². The number of hydrogen-bond donors (Lipinski definition) is 2. The van der Waals surface area contributed by atoms with Crippen molar-refractivity contribution in [3.05, 3.63) is 58.0 Å². The number of hydrogen-bond acceptors (Lipinski definition) is 6. The minimum atomic E-state index is -0.282. The Morgan fingerprint density at radius 1 is 1.17 bits per heavy atom. The number of aromatic hydroxyl groups is 1. The van der Waals surface area contributed by atoms with Crippen LogP contribution in [-0.2, 0) is 4.79 Å². The van der Waals surface area contributed by atoms with Crippen molar-refractivity contribution in [2.24, 2.45) is 10.2 Å². The molecule has 1 aliphatic heterocycles. The van der Waals surface area contributed by atoms with Crippen LogP contribution in [0.5, 0.6) is 5.75 Å². The SMILES string of the molecule is O=C1NC(=S)S/C1=C\c1cc(N=Nc2cccc(Cl)c2)ccc1O. The van der Waals surface area contributed by atoms with E-state index in [2.05, 4.69) is 15.5 Å². The summed E-state index contributed by atoms with van der Waals surface area (Å²) in [6.07, 6.45) is 1.56. The van der Waals surface area contributed by atoms with Gasteiger partial charge in [-0.15, -0.1) is 0 Å². The molecule has 1 fully saturated rings. The molecule has 0 aliphatic carbocycles. The average Bonchev–Trinajstić information content (AvgIpc) is 2.86. The van der Waals surface area contributed by atoms with Gasteiger partial charge in [-0.2, -0.15) is 10.2 Å². The van der Waals surface area contributed by atoms with Crippen LogP contribution in [0.1, 0.15) is 5.56 Å². The van der Waals surface area contributed by atoms with Crippen LogP contribution in [0.3, 0.4) is 0 Å². The molecule has 0 radical (unpaired) electrons. The minimum absolute atomic E-state index is 0.0374. The third-order valence-electron chi connectivity index (χ3n) is 3.03. The maximum atomic E-state index is 11.7. The van der Waals surface area contributed by atoms with Gasteiger partial charge in [0.1, 0.15) is 10.1 Å². The van der Waals surface area contributed by atoms with E-state index in [1.165, 1.54) is 6.07 Å². The number of thiocarbonyl (C=S) groups is 1. The van der Waals surface area contributed by atoms with Gasteiger partial charge in [0, 0.05) is 10.6 Å². The van der Waals surface area contributed by atoms with Crippen LogP contribution >= 0.6 is 35.6 Å². The van der Waals surface area contributed by atoms with E-state index in [1.54, 1.807) is 42.5 Å². The first-order chi connectivity index (χ1) is 11.5. The molecule has 0 atom stereocenters. The zero-order valence-corrected chi connectivity index (χ0v) is 14.5.